The summed E-state index contributed by atoms with van der Waals surface area (Å²) < 4.78 is 10.8. The average Bonchev–Trinajstić information content (AvgIpc) is 1.69. The summed E-state index contributed by atoms with van der Waals surface area (Å²) in [5.41, 5.74) is 22.0. The Morgan fingerprint density at radius 2 is 0.737 bits per heavy atom. The van der Waals surface area contributed by atoms with Gasteiger partial charge in [-0.25, -0.2) is 19.9 Å². The summed E-state index contributed by atoms with van der Waals surface area (Å²) in [7, 11) is 0. The summed E-state index contributed by atoms with van der Waals surface area (Å²) in [6.45, 7) is 39.2. The fourth-order valence-electron chi connectivity index (χ4n) is 17.4. The Labute approximate surface area is 816 Å². The highest BCUT2D eigenvalue weighted by Crippen LogP contribution is 2.38. The number of thiazole rings is 4. The molecule has 0 saturated carbocycles. The van der Waals surface area contributed by atoms with Crippen LogP contribution in [0.3, 0.4) is 0 Å². The summed E-state index contributed by atoms with van der Waals surface area (Å²) in [4.78, 5) is 157. The standard InChI is InChI=1S/2C26H32N4O4S.C25H34N4O4S.C24H32N4O4S/c1-14(2)23(22-9-16(4)29-34-22)26(33)30-12-20(31)10-21(30)25(32)27-11-19-7-6-18(8-15(19)3)24-17(5)28-13-35-24;1-14(2)23(22-9-16(4)29-34-22)26(33)30-12-19(31)10-21(30)25(32)27-11-18-6-7-20(15(3)8-18)24-17(5)28-13-35-24;1-6-20(31)28-22(25(3,4)5)24(33)29-13-18(30)11-19(29)23(32)26-12-16-7-9-17(10-8-16)21-15(2)27-14-34-21;1-14-20(33-13-26-14)17-8-6-16(7-9-17)11-25-22(31)19-10-18(30)12-28(19)23(32)21(24(3,4)5)27-15(2)29/h6-9,13-14,20-21,23,31H,10-12H2,1-5H3,(H,27,32);6-9,13-14,19,21,23,31H,10-12H2,1-5H3,(H,27,32);7-10,14,18-19,22,30H,6,11-13H2,1-5H3,(H,26,32)(H,28,31);6-9,13,18-19,21,30H,10-12H2,1-5H3,(H,25,31)(H,27,29)/t20-,21+,23-;19-,21+,23-;18-,19+,22-;18-,19+,21-/m1111/s1. The van der Waals surface area contributed by atoms with Crippen LogP contribution in [0, 0.1) is 78.1 Å². The number of nitrogens with one attached hydrogen (secondary N) is 6. The van der Waals surface area contributed by atoms with Crippen molar-refractivity contribution in [3.8, 4) is 41.8 Å². The van der Waals surface area contributed by atoms with Gasteiger partial charge in [-0.1, -0.05) is 171 Å². The highest BCUT2D eigenvalue weighted by atomic mass is 32.1. The lowest BCUT2D eigenvalue weighted by molar-refractivity contribution is -0.144. The van der Waals surface area contributed by atoms with Crippen LogP contribution in [-0.4, -0.2) is 216 Å². The van der Waals surface area contributed by atoms with E-state index in [1.807, 2.05) is 200 Å². The third-order valence-electron chi connectivity index (χ3n) is 24.8. The van der Waals surface area contributed by atoms with E-state index >= 15 is 0 Å². The number of carbonyl (C=O) groups is 10. The zero-order valence-corrected chi connectivity index (χ0v) is 84.9. The molecule has 4 fully saturated rings. The van der Waals surface area contributed by atoms with Crippen molar-refractivity contribution in [2.75, 3.05) is 26.2 Å². The number of aromatic nitrogens is 6. The van der Waals surface area contributed by atoms with Gasteiger partial charge in [0.15, 0.2) is 0 Å². The Balaban J connectivity index is 0.000000175. The number of aryl methyl sites for hydroxylation is 8. The lowest BCUT2D eigenvalue weighted by Gasteiger charge is -2.35. The normalized spacial score (nSPS) is 19.0. The second-order valence-corrected chi connectivity index (χ2v) is 42.0. The van der Waals surface area contributed by atoms with Gasteiger partial charge in [0.2, 0.25) is 59.1 Å². The van der Waals surface area contributed by atoms with Gasteiger partial charge in [0.05, 0.1) is 100 Å². The number of carbonyl (C=O) groups excluding carboxylic acids is 10. The molecule has 4 aliphatic rings. The van der Waals surface area contributed by atoms with Crippen molar-refractivity contribution >= 4 is 104 Å². The first-order valence-corrected chi connectivity index (χ1v) is 49.8. The molecular weight excluding hydrogens is 1820 g/mol. The van der Waals surface area contributed by atoms with E-state index in [9.17, 15) is 68.4 Å². The molecule has 0 unspecified atom stereocenters. The fraction of sp³-hybridized carbons (Fsp3) is 0.485. The first-order chi connectivity index (χ1) is 64.8. The van der Waals surface area contributed by atoms with Crippen LogP contribution in [0.15, 0.2) is 128 Å². The molecule has 734 valence electrons. The van der Waals surface area contributed by atoms with E-state index in [1.165, 1.54) is 26.5 Å². The van der Waals surface area contributed by atoms with Gasteiger partial charge >= 0.3 is 0 Å². The average molecular weight is 1950 g/mol. The maximum absolute atomic E-state index is 13.5. The predicted octanol–water partition coefficient (Wildman–Crippen LogP) is 12.4. The Bertz CT molecular complexity index is 5880. The van der Waals surface area contributed by atoms with Crippen molar-refractivity contribution in [3.63, 3.8) is 0 Å². The maximum atomic E-state index is 13.5. The number of likely N-dealkylation sites (tertiary alicyclic amines) is 4. The quantitative estimate of drug-likeness (QED) is 0.0229. The van der Waals surface area contributed by atoms with E-state index in [0.717, 1.165) is 97.9 Å². The molecular formula is C101H130N16O16S4. The molecule has 10 amide bonds. The molecule has 4 aromatic carbocycles. The van der Waals surface area contributed by atoms with Crippen LogP contribution in [0.4, 0.5) is 0 Å². The summed E-state index contributed by atoms with van der Waals surface area (Å²) in [5.74, 6) is -3.19. The first kappa shape index (κ1) is 106. The van der Waals surface area contributed by atoms with Gasteiger partial charge in [0.1, 0.15) is 59.6 Å². The molecule has 6 aromatic heterocycles. The molecule has 10 N–H and O–H groups in total. The van der Waals surface area contributed by atoms with Crippen molar-refractivity contribution in [1.82, 2.24) is 81.7 Å². The number of aliphatic hydroxyl groups excluding tert-OH is 4. The molecule has 12 atom stereocenters. The molecule has 0 radical (unpaired) electrons. The highest BCUT2D eigenvalue weighted by Gasteiger charge is 2.49. The first-order valence-electron chi connectivity index (χ1n) is 46.3. The molecule has 137 heavy (non-hydrogen) atoms. The number of rotatable bonds is 27. The molecule has 36 heteroatoms. The van der Waals surface area contributed by atoms with E-state index in [1.54, 1.807) is 78.3 Å². The summed E-state index contributed by atoms with van der Waals surface area (Å²) in [6.07, 6.45) is -2.06. The van der Waals surface area contributed by atoms with Gasteiger partial charge in [-0.15, -0.1) is 45.3 Å². The SMILES string of the molecule is CC(=O)N[C@H](C(=O)N1C[C@H](O)C[C@H]1C(=O)NCc1ccc(-c2scnc2C)cc1)C(C)(C)C.CCC(=O)N[C@H](C(=O)N1C[C@H](O)C[C@H]1C(=O)NCc1ccc(-c2scnc2C)cc1)C(C)(C)C.Cc1cc([C@H](C(=O)N2C[C@H](O)C[C@H]2C(=O)NCc2ccc(-c3scnc3C)c(C)c2)C(C)C)on1.Cc1cc([C@H](C(=O)N2C[C@H](O)C[C@H]2C(=O)NCc2ccc(-c3scnc3C)cc2C)C(C)C)on1. The second kappa shape index (κ2) is 46.7. The lowest BCUT2D eigenvalue weighted by Crippen LogP contribution is -2.57. The Morgan fingerprint density at radius 1 is 0.409 bits per heavy atom. The molecule has 10 aromatic rings. The monoisotopic (exact) mass is 1950 g/mol. The number of hydrogen-bond donors (Lipinski definition) is 10. The smallest absolute Gasteiger partial charge is 0.246 e. The van der Waals surface area contributed by atoms with Gasteiger partial charge in [-0.3, -0.25) is 47.9 Å². The predicted molar refractivity (Wildman–Crippen MR) is 527 cm³/mol. The molecule has 0 spiro atoms. The maximum Gasteiger partial charge on any atom is 0.246 e. The van der Waals surface area contributed by atoms with Gasteiger partial charge in [-0.05, 0) is 134 Å². The minimum absolute atomic E-state index is 0.0556. The third kappa shape index (κ3) is 27.0. The van der Waals surface area contributed by atoms with Gasteiger partial charge in [0.25, 0.3) is 0 Å². The van der Waals surface area contributed by atoms with Crippen molar-refractivity contribution in [1.29, 1.82) is 0 Å². The van der Waals surface area contributed by atoms with Crippen LogP contribution in [0.25, 0.3) is 41.8 Å². The number of hydrogen-bond acceptors (Lipinski definition) is 26. The zero-order valence-electron chi connectivity index (χ0n) is 81.6. The van der Waals surface area contributed by atoms with Crippen LogP contribution < -0.4 is 31.9 Å². The summed E-state index contributed by atoms with van der Waals surface area (Å²) >= 11 is 6.39. The number of aliphatic hydroxyl groups is 4. The zero-order chi connectivity index (χ0) is 99.9. The molecule has 32 nitrogen and oxygen atoms in total. The molecule has 4 saturated heterocycles. The van der Waals surface area contributed by atoms with Crippen LogP contribution >= 0.6 is 45.3 Å². The van der Waals surface area contributed by atoms with Crippen LogP contribution in [0.1, 0.15) is 206 Å². The molecule has 14 rings (SSSR count). The molecule has 0 bridgehead atoms. The number of benzene rings is 4. The highest BCUT2D eigenvalue weighted by molar-refractivity contribution is 7.14. The lowest BCUT2D eigenvalue weighted by atomic mass is 9.85. The number of β-amino-alcohol motifs (C(OH)–C–C–N with tert-alkyl or cyclic N) is 4. The van der Waals surface area contributed by atoms with Crippen molar-refractivity contribution in [2.24, 2.45) is 22.7 Å². The van der Waals surface area contributed by atoms with Crippen molar-refractivity contribution < 1.29 is 77.4 Å². The number of nitrogens with zero attached hydrogens (tertiary/aromatic N) is 10. The van der Waals surface area contributed by atoms with E-state index in [4.69, 9.17) is 9.05 Å². The number of amides is 10. The fourth-order valence-corrected chi connectivity index (χ4v) is 20.7. The minimum Gasteiger partial charge on any atom is -0.391 e. The van der Waals surface area contributed by atoms with Gasteiger partial charge in [-0.2, -0.15) is 0 Å². The van der Waals surface area contributed by atoms with Crippen molar-refractivity contribution in [2.45, 2.75) is 269 Å². The van der Waals surface area contributed by atoms with Crippen LogP contribution in [-0.2, 0) is 74.1 Å². The molecule has 4 aliphatic heterocycles. The minimum atomic E-state index is -0.793. The van der Waals surface area contributed by atoms with Gasteiger partial charge < -0.3 is 81.0 Å². The van der Waals surface area contributed by atoms with E-state index in [2.05, 4.69) is 80.3 Å². The third-order valence-corrected chi connectivity index (χ3v) is 28.7. The van der Waals surface area contributed by atoms with Gasteiger partial charge in [0, 0.05) is 104 Å². The molecule has 0 aliphatic carbocycles. The van der Waals surface area contributed by atoms with Crippen LogP contribution in [0.5, 0.6) is 0 Å². The van der Waals surface area contributed by atoms with Crippen LogP contribution in [0.2, 0.25) is 0 Å². The summed E-state index contributed by atoms with van der Waals surface area (Å²) in [6, 6.07) is 27.0. The second-order valence-electron chi connectivity index (χ2n) is 38.6. The topological polar surface area (TPSA) is 440 Å². The molecule has 10 heterocycles. The largest absolute Gasteiger partial charge is 0.391 e. The Kier molecular flexibility index (Phi) is 36.0. The van der Waals surface area contributed by atoms with E-state index < -0.39 is 83.3 Å². The van der Waals surface area contributed by atoms with E-state index in [0.29, 0.717) is 49.1 Å². The Hall–Kier alpha value is -11.6. The van der Waals surface area contributed by atoms with Crippen molar-refractivity contribution in [3.05, 3.63) is 198 Å². The summed E-state index contributed by atoms with van der Waals surface area (Å²) in [5, 5.41) is 66.1. The van der Waals surface area contributed by atoms with E-state index in [-0.39, 0.29) is 129 Å². The Morgan fingerprint density at radius 3 is 1.05 bits per heavy atom.